The highest BCUT2D eigenvalue weighted by molar-refractivity contribution is 5.76. The maximum absolute atomic E-state index is 11.9. The van der Waals surface area contributed by atoms with Gasteiger partial charge in [-0.1, -0.05) is 6.08 Å². The first-order valence-corrected chi connectivity index (χ1v) is 6.37. The Balaban J connectivity index is 2.34. The molecule has 0 aromatic carbocycles. The van der Waals surface area contributed by atoms with Crippen LogP contribution in [-0.2, 0) is 4.79 Å². The zero-order chi connectivity index (χ0) is 11.8. The van der Waals surface area contributed by atoms with Gasteiger partial charge in [0.1, 0.15) is 0 Å². The summed E-state index contributed by atoms with van der Waals surface area (Å²) in [5, 5.41) is 3.35. The standard InChI is InChI=1S/C13H24N2O/c1-3-5-6-13(16)15(4-2)11-12-7-9-14-10-8-12/h3,12,14H,1,4-11H2,2H3. The van der Waals surface area contributed by atoms with E-state index in [9.17, 15) is 4.79 Å². The van der Waals surface area contributed by atoms with E-state index < -0.39 is 0 Å². The monoisotopic (exact) mass is 224 g/mol. The van der Waals surface area contributed by atoms with Crippen molar-refractivity contribution in [2.24, 2.45) is 5.92 Å². The van der Waals surface area contributed by atoms with Gasteiger partial charge in [0.15, 0.2) is 0 Å². The molecule has 0 bridgehead atoms. The zero-order valence-electron chi connectivity index (χ0n) is 10.4. The van der Waals surface area contributed by atoms with E-state index in [-0.39, 0.29) is 5.91 Å². The Morgan fingerprint density at radius 1 is 1.50 bits per heavy atom. The summed E-state index contributed by atoms with van der Waals surface area (Å²) in [4.78, 5) is 13.9. The summed E-state index contributed by atoms with van der Waals surface area (Å²) in [6.07, 6.45) is 5.62. The Bertz CT molecular complexity index is 222. The molecule has 0 spiro atoms. The van der Waals surface area contributed by atoms with Crippen molar-refractivity contribution >= 4 is 5.91 Å². The Kier molecular flexibility index (Phi) is 6.16. The van der Waals surface area contributed by atoms with Crippen molar-refractivity contribution in [3.8, 4) is 0 Å². The molecule has 1 aliphatic heterocycles. The summed E-state index contributed by atoms with van der Waals surface area (Å²) < 4.78 is 0. The molecule has 0 radical (unpaired) electrons. The van der Waals surface area contributed by atoms with E-state index in [1.165, 1.54) is 12.8 Å². The van der Waals surface area contributed by atoms with Gasteiger partial charge in [-0.2, -0.15) is 0 Å². The van der Waals surface area contributed by atoms with Crippen LogP contribution >= 0.6 is 0 Å². The molecule has 1 aliphatic rings. The molecule has 1 N–H and O–H groups in total. The molecule has 1 heterocycles. The molecular formula is C13H24N2O. The Morgan fingerprint density at radius 2 is 2.19 bits per heavy atom. The van der Waals surface area contributed by atoms with Crippen LogP contribution in [0.5, 0.6) is 0 Å². The number of nitrogens with zero attached hydrogens (tertiary/aromatic N) is 1. The fraction of sp³-hybridized carbons (Fsp3) is 0.769. The highest BCUT2D eigenvalue weighted by Crippen LogP contribution is 2.14. The molecule has 1 rings (SSSR count). The molecule has 1 saturated heterocycles. The lowest BCUT2D eigenvalue weighted by molar-refractivity contribution is -0.131. The maximum Gasteiger partial charge on any atom is 0.222 e. The Labute approximate surface area is 98.9 Å². The number of hydrogen-bond acceptors (Lipinski definition) is 2. The average Bonchev–Trinajstić information content (AvgIpc) is 2.34. The molecule has 3 nitrogen and oxygen atoms in total. The third kappa shape index (κ3) is 4.35. The quantitative estimate of drug-likeness (QED) is 0.698. The Hall–Kier alpha value is -0.830. The molecule has 0 aromatic rings. The average molecular weight is 224 g/mol. The predicted molar refractivity (Wildman–Crippen MR) is 67.3 cm³/mol. The topological polar surface area (TPSA) is 32.3 Å². The molecule has 0 atom stereocenters. The van der Waals surface area contributed by atoms with Crippen molar-refractivity contribution in [3.05, 3.63) is 12.7 Å². The Morgan fingerprint density at radius 3 is 2.75 bits per heavy atom. The first kappa shape index (κ1) is 13.2. The van der Waals surface area contributed by atoms with Crippen LogP contribution in [0.1, 0.15) is 32.6 Å². The second-order valence-corrected chi connectivity index (χ2v) is 4.45. The normalized spacial score (nSPS) is 17.1. The van der Waals surface area contributed by atoms with Gasteiger partial charge in [-0.05, 0) is 45.2 Å². The van der Waals surface area contributed by atoms with Crippen molar-refractivity contribution in [1.29, 1.82) is 0 Å². The number of piperidine rings is 1. The van der Waals surface area contributed by atoms with Gasteiger partial charge < -0.3 is 10.2 Å². The lowest BCUT2D eigenvalue weighted by atomic mass is 9.97. The van der Waals surface area contributed by atoms with Crippen LogP contribution in [0.2, 0.25) is 0 Å². The van der Waals surface area contributed by atoms with Crippen LogP contribution in [0.4, 0.5) is 0 Å². The molecule has 92 valence electrons. The summed E-state index contributed by atoms with van der Waals surface area (Å²) in [5.74, 6) is 0.967. The van der Waals surface area contributed by atoms with Crippen molar-refractivity contribution in [2.45, 2.75) is 32.6 Å². The third-order valence-electron chi connectivity index (χ3n) is 3.23. The number of amides is 1. The van der Waals surface area contributed by atoms with E-state index in [0.29, 0.717) is 12.3 Å². The second kappa shape index (κ2) is 7.44. The summed E-state index contributed by atoms with van der Waals surface area (Å²) in [5.41, 5.74) is 0. The lowest BCUT2D eigenvalue weighted by Crippen LogP contribution is -2.39. The van der Waals surface area contributed by atoms with E-state index in [1.807, 2.05) is 11.0 Å². The second-order valence-electron chi connectivity index (χ2n) is 4.45. The number of hydrogen-bond donors (Lipinski definition) is 1. The van der Waals surface area contributed by atoms with Gasteiger partial charge in [0.2, 0.25) is 5.91 Å². The van der Waals surface area contributed by atoms with E-state index in [4.69, 9.17) is 0 Å². The molecule has 3 heteroatoms. The third-order valence-corrected chi connectivity index (χ3v) is 3.23. The fourth-order valence-corrected chi connectivity index (χ4v) is 2.17. The SMILES string of the molecule is C=CCCC(=O)N(CC)CC1CCNCC1. The van der Waals surface area contributed by atoms with Crippen LogP contribution in [0.25, 0.3) is 0 Å². The van der Waals surface area contributed by atoms with Crippen LogP contribution in [0.3, 0.4) is 0 Å². The van der Waals surface area contributed by atoms with Gasteiger partial charge in [0.05, 0.1) is 0 Å². The smallest absolute Gasteiger partial charge is 0.222 e. The van der Waals surface area contributed by atoms with Gasteiger partial charge in [-0.25, -0.2) is 0 Å². The number of allylic oxidation sites excluding steroid dienone is 1. The summed E-state index contributed by atoms with van der Waals surface area (Å²) in [6, 6.07) is 0. The molecule has 1 fully saturated rings. The van der Waals surface area contributed by atoms with Crippen molar-refractivity contribution in [3.63, 3.8) is 0 Å². The van der Waals surface area contributed by atoms with Crippen LogP contribution in [-0.4, -0.2) is 37.0 Å². The van der Waals surface area contributed by atoms with E-state index in [2.05, 4.69) is 18.8 Å². The van der Waals surface area contributed by atoms with Crippen molar-refractivity contribution in [2.75, 3.05) is 26.2 Å². The molecule has 0 unspecified atom stereocenters. The minimum atomic E-state index is 0.279. The predicted octanol–water partition coefficient (Wildman–Crippen LogP) is 1.80. The van der Waals surface area contributed by atoms with Gasteiger partial charge >= 0.3 is 0 Å². The van der Waals surface area contributed by atoms with Crippen molar-refractivity contribution < 1.29 is 4.79 Å². The van der Waals surface area contributed by atoms with E-state index >= 15 is 0 Å². The van der Waals surface area contributed by atoms with Gasteiger partial charge in [-0.3, -0.25) is 4.79 Å². The van der Waals surface area contributed by atoms with E-state index in [0.717, 1.165) is 32.6 Å². The summed E-state index contributed by atoms with van der Waals surface area (Å²) >= 11 is 0. The first-order valence-electron chi connectivity index (χ1n) is 6.37. The fourth-order valence-electron chi connectivity index (χ4n) is 2.17. The summed E-state index contributed by atoms with van der Waals surface area (Å²) in [6.45, 7) is 9.69. The van der Waals surface area contributed by atoms with E-state index in [1.54, 1.807) is 0 Å². The number of carbonyl (C=O) groups excluding carboxylic acids is 1. The van der Waals surface area contributed by atoms with Gasteiger partial charge in [-0.15, -0.1) is 6.58 Å². The molecule has 16 heavy (non-hydrogen) atoms. The first-order chi connectivity index (χ1) is 7.77. The van der Waals surface area contributed by atoms with Crippen molar-refractivity contribution in [1.82, 2.24) is 10.2 Å². The highest BCUT2D eigenvalue weighted by Gasteiger charge is 2.18. The maximum atomic E-state index is 11.9. The number of nitrogens with one attached hydrogen (secondary N) is 1. The number of rotatable bonds is 6. The lowest BCUT2D eigenvalue weighted by Gasteiger charge is -2.29. The molecule has 1 amide bonds. The highest BCUT2D eigenvalue weighted by atomic mass is 16.2. The number of carbonyl (C=O) groups is 1. The molecule has 0 aromatic heterocycles. The molecular weight excluding hydrogens is 200 g/mol. The molecule has 0 aliphatic carbocycles. The largest absolute Gasteiger partial charge is 0.343 e. The van der Waals surface area contributed by atoms with Crippen LogP contribution in [0, 0.1) is 5.92 Å². The summed E-state index contributed by atoms with van der Waals surface area (Å²) in [7, 11) is 0. The zero-order valence-corrected chi connectivity index (χ0v) is 10.4. The van der Waals surface area contributed by atoms with Crippen LogP contribution < -0.4 is 5.32 Å². The molecule has 0 saturated carbocycles. The minimum absolute atomic E-state index is 0.279. The van der Waals surface area contributed by atoms with Gasteiger partial charge in [0.25, 0.3) is 0 Å². The van der Waals surface area contributed by atoms with Crippen LogP contribution in [0.15, 0.2) is 12.7 Å². The van der Waals surface area contributed by atoms with Gasteiger partial charge in [0, 0.05) is 19.5 Å². The minimum Gasteiger partial charge on any atom is -0.343 e.